The van der Waals surface area contributed by atoms with Gasteiger partial charge in [0.05, 0.1) is 17.2 Å². The van der Waals surface area contributed by atoms with Crippen molar-refractivity contribution in [3.63, 3.8) is 0 Å². The first-order chi connectivity index (χ1) is 13.8. The van der Waals surface area contributed by atoms with Crippen LogP contribution in [0.1, 0.15) is 38.8 Å². The molecule has 0 bridgehead atoms. The zero-order chi connectivity index (χ0) is 21.0. The molecule has 0 N–H and O–H groups in total. The monoisotopic (exact) mass is 408 g/mol. The van der Waals surface area contributed by atoms with Crippen LogP contribution in [0.4, 0.5) is 5.69 Å². The van der Waals surface area contributed by atoms with Gasteiger partial charge in [-0.2, -0.15) is 0 Å². The fourth-order valence-corrected chi connectivity index (χ4v) is 3.99. The summed E-state index contributed by atoms with van der Waals surface area (Å²) in [4.78, 5) is 20.3. The molecule has 0 aliphatic carbocycles. The van der Waals surface area contributed by atoms with Gasteiger partial charge in [0.2, 0.25) is 0 Å². The van der Waals surface area contributed by atoms with Gasteiger partial charge in [-0.3, -0.25) is 9.69 Å². The van der Waals surface area contributed by atoms with Crippen molar-refractivity contribution in [2.24, 2.45) is 10.9 Å². The van der Waals surface area contributed by atoms with E-state index < -0.39 is 0 Å². The topological polar surface area (TPSA) is 41.9 Å². The molecule has 0 aromatic heterocycles. The fraction of sp³-hybridized carbons (Fsp3) is 0.333. The molecule has 3 rings (SSSR count). The Labute approximate surface area is 177 Å². The van der Waals surface area contributed by atoms with E-state index >= 15 is 0 Å². The minimum absolute atomic E-state index is 0.0190. The van der Waals surface area contributed by atoms with Gasteiger partial charge in [0.1, 0.15) is 5.75 Å². The van der Waals surface area contributed by atoms with E-state index in [1.807, 2.05) is 75.4 Å². The second kappa shape index (κ2) is 9.31. The molecule has 1 aliphatic rings. The summed E-state index contributed by atoms with van der Waals surface area (Å²) in [6, 6.07) is 15.9. The molecule has 5 heteroatoms. The Bertz CT molecular complexity index is 930. The van der Waals surface area contributed by atoms with Crippen molar-refractivity contribution in [3.8, 4) is 5.75 Å². The Morgan fingerprint density at radius 3 is 2.41 bits per heavy atom. The molecule has 2 aromatic rings. The summed E-state index contributed by atoms with van der Waals surface area (Å²) >= 11 is 1.41. The van der Waals surface area contributed by atoms with E-state index in [0.717, 1.165) is 17.0 Å². The summed E-state index contributed by atoms with van der Waals surface area (Å²) < 4.78 is 5.94. The molecular formula is C24H28N2O2S. The number of nitrogens with zero attached hydrogens (tertiary/aromatic N) is 2. The number of amides is 1. The highest BCUT2D eigenvalue weighted by Crippen LogP contribution is 2.36. The van der Waals surface area contributed by atoms with Gasteiger partial charge in [-0.05, 0) is 62.7 Å². The van der Waals surface area contributed by atoms with Crippen LogP contribution in [0.15, 0.2) is 58.4 Å². The lowest BCUT2D eigenvalue weighted by Gasteiger charge is -2.19. The van der Waals surface area contributed by atoms with Crippen molar-refractivity contribution in [1.29, 1.82) is 0 Å². The summed E-state index contributed by atoms with van der Waals surface area (Å²) in [5.41, 5.74) is 2.94. The zero-order valence-corrected chi connectivity index (χ0v) is 18.5. The number of rotatable bonds is 6. The van der Waals surface area contributed by atoms with Crippen LogP contribution >= 0.6 is 11.8 Å². The number of aryl methyl sites for hydroxylation is 1. The Balaban J connectivity index is 1.93. The van der Waals surface area contributed by atoms with Gasteiger partial charge in [-0.25, -0.2) is 4.99 Å². The number of thioether (sulfide) groups is 1. The highest BCUT2D eigenvalue weighted by Gasteiger charge is 2.35. The first kappa shape index (κ1) is 21.2. The Morgan fingerprint density at radius 2 is 1.76 bits per heavy atom. The van der Waals surface area contributed by atoms with E-state index in [1.165, 1.54) is 17.3 Å². The molecule has 1 fully saturated rings. The van der Waals surface area contributed by atoms with Gasteiger partial charge < -0.3 is 4.74 Å². The standard InChI is InChI=1S/C24H28N2O2S/c1-16(2)15-28-21-9-7-6-8-19(21)14-22-23(27)26(17(3)4)24(29-22)25-20-12-10-18(5)11-13-20/h6-14,16-17H,15H2,1-5H3/b22-14+,25-24?. The lowest BCUT2D eigenvalue weighted by Crippen LogP contribution is -2.35. The van der Waals surface area contributed by atoms with Gasteiger partial charge in [0.15, 0.2) is 5.17 Å². The fourth-order valence-electron chi connectivity index (χ4n) is 2.88. The molecule has 2 aromatic carbocycles. The smallest absolute Gasteiger partial charge is 0.266 e. The van der Waals surface area contributed by atoms with Crippen LogP contribution in [-0.2, 0) is 4.79 Å². The van der Waals surface area contributed by atoms with Crippen molar-refractivity contribution in [2.45, 2.75) is 40.7 Å². The average molecular weight is 409 g/mol. The Morgan fingerprint density at radius 1 is 1.07 bits per heavy atom. The van der Waals surface area contributed by atoms with Crippen LogP contribution < -0.4 is 4.74 Å². The van der Waals surface area contributed by atoms with E-state index in [0.29, 0.717) is 22.6 Å². The zero-order valence-electron chi connectivity index (χ0n) is 17.7. The minimum Gasteiger partial charge on any atom is -0.493 e. The van der Waals surface area contributed by atoms with E-state index in [4.69, 9.17) is 9.73 Å². The van der Waals surface area contributed by atoms with Gasteiger partial charge in [-0.1, -0.05) is 49.7 Å². The molecule has 152 valence electrons. The number of hydrogen-bond donors (Lipinski definition) is 0. The summed E-state index contributed by atoms with van der Waals surface area (Å²) in [6.07, 6.45) is 1.91. The number of benzene rings is 2. The molecule has 1 saturated heterocycles. The molecular weight excluding hydrogens is 380 g/mol. The van der Waals surface area contributed by atoms with Crippen LogP contribution in [0, 0.1) is 12.8 Å². The minimum atomic E-state index is -0.0190. The first-order valence-electron chi connectivity index (χ1n) is 9.95. The van der Waals surface area contributed by atoms with Crippen LogP contribution in [0.25, 0.3) is 6.08 Å². The van der Waals surface area contributed by atoms with Crippen LogP contribution in [0.3, 0.4) is 0 Å². The van der Waals surface area contributed by atoms with Crippen molar-refractivity contribution >= 4 is 34.6 Å². The number of hydrogen-bond acceptors (Lipinski definition) is 4. The molecule has 0 unspecified atom stereocenters. The van der Waals surface area contributed by atoms with Crippen molar-refractivity contribution in [3.05, 3.63) is 64.6 Å². The van der Waals surface area contributed by atoms with E-state index in [1.54, 1.807) is 4.90 Å². The third-order valence-corrected chi connectivity index (χ3v) is 5.37. The Hall–Kier alpha value is -2.53. The maximum absolute atomic E-state index is 13.1. The molecule has 4 nitrogen and oxygen atoms in total. The summed E-state index contributed by atoms with van der Waals surface area (Å²) in [7, 11) is 0. The normalized spacial score (nSPS) is 17.2. The molecule has 0 saturated carbocycles. The second-order valence-corrected chi connectivity index (χ2v) is 8.86. The van der Waals surface area contributed by atoms with E-state index in [9.17, 15) is 4.79 Å². The molecule has 0 radical (unpaired) electrons. The number of ether oxygens (including phenoxy) is 1. The maximum Gasteiger partial charge on any atom is 0.266 e. The second-order valence-electron chi connectivity index (χ2n) is 7.85. The molecule has 1 amide bonds. The third-order valence-electron chi connectivity index (χ3n) is 4.39. The predicted molar refractivity (Wildman–Crippen MR) is 123 cm³/mol. The first-order valence-corrected chi connectivity index (χ1v) is 10.8. The van der Waals surface area contributed by atoms with Crippen molar-refractivity contribution in [1.82, 2.24) is 4.90 Å². The quantitative estimate of drug-likeness (QED) is 0.547. The summed E-state index contributed by atoms with van der Waals surface area (Å²) in [6.45, 7) is 10.9. The largest absolute Gasteiger partial charge is 0.493 e. The predicted octanol–water partition coefficient (Wildman–Crippen LogP) is 6.04. The summed E-state index contributed by atoms with van der Waals surface area (Å²) in [5.74, 6) is 1.21. The number of para-hydroxylation sites is 1. The molecule has 1 aliphatic heterocycles. The number of carbonyl (C=O) groups excluding carboxylic acids is 1. The SMILES string of the molecule is Cc1ccc(N=C2S/C(=C/c3ccccc3OCC(C)C)C(=O)N2C(C)C)cc1. The van der Waals surface area contributed by atoms with Crippen molar-refractivity contribution in [2.75, 3.05) is 6.61 Å². The lowest BCUT2D eigenvalue weighted by atomic mass is 10.1. The highest BCUT2D eigenvalue weighted by atomic mass is 32.2. The lowest BCUT2D eigenvalue weighted by molar-refractivity contribution is -0.123. The van der Waals surface area contributed by atoms with Crippen molar-refractivity contribution < 1.29 is 9.53 Å². The third kappa shape index (κ3) is 5.30. The van der Waals surface area contributed by atoms with Crippen LogP contribution in [0.5, 0.6) is 5.75 Å². The molecule has 1 heterocycles. The van der Waals surface area contributed by atoms with E-state index in [2.05, 4.69) is 13.8 Å². The summed E-state index contributed by atoms with van der Waals surface area (Å²) in [5, 5.41) is 0.709. The molecule has 0 atom stereocenters. The number of amidine groups is 1. The van der Waals surface area contributed by atoms with E-state index in [-0.39, 0.29) is 11.9 Å². The molecule has 0 spiro atoms. The van der Waals surface area contributed by atoms with Gasteiger partial charge in [0, 0.05) is 11.6 Å². The highest BCUT2D eigenvalue weighted by molar-refractivity contribution is 8.18. The average Bonchev–Trinajstić information content (AvgIpc) is 2.98. The van der Waals surface area contributed by atoms with Gasteiger partial charge >= 0.3 is 0 Å². The number of carbonyl (C=O) groups is 1. The number of aliphatic imine (C=N–C) groups is 1. The van der Waals surface area contributed by atoms with Crippen LogP contribution in [0.2, 0.25) is 0 Å². The Kier molecular flexibility index (Phi) is 6.80. The maximum atomic E-state index is 13.1. The van der Waals surface area contributed by atoms with Gasteiger partial charge in [0.25, 0.3) is 5.91 Å². The molecule has 29 heavy (non-hydrogen) atoms. The van der Waals surface area contributed by atoms with Gasteiger partial charge in [-0.15, -0.1) is 0 Å². The van der Waals surface area contributed by atoms with Crippen LogP contribution in [-0.4, -0.2) is 28.6 Å².